The largest absolute Gasteiger partial charge is 0.495 e. The number of pyridine rings is 1. The Hall–Kier alpha value is -5.93. The van der Waals surface area contributed by atoms with Crippen LogP contribution in [0.1, 0.15) is 117 Å². The van der Waals surface area contributed by atoms with Gasteiger partial charge in [0.15, 0.2) is 0 Å². The summed E-state index contributed by atoms with van der Waals surface area (Å²) in [5.41, 5.74) is 6.79. The van der Waals surface area contributed by atoms with Crippen molar-refractivity contribution in [1.82, 2.24) is 36.1 Å². The number of carbonyl (C=O) groups excluding carboxylic acids is 5. The number of unbranched alkanes of at least 4 members (excludes halogenated alkanes) is 1. The molecule has 1 saturated heterocycles. The first-order chi connectivity index (χ1) is 31.7. The number of carbonyl (C=O) groups is 5. The van der Waals surface area contributed by atoms with Gasteiger partial charge in [0.25, 0.3) is 5.91 Å². The molecule has 2 aromatic carbocycles. The van der Waals surface area contributed by atoms with Gasteiger partial charge in [-0.3, -0.25) is 24.0 Å². The molecule has 1 aliphatic heterocycles. The molecule has 3 atom stereocenters. The molecule has 14 nitrogen and oxygen atoms in total. The number of aliphatic hydroxyl groups excluding tert-OH is 1. The fraction of sp³-hybridized carbons (Fsp3) is 0.471. The number of thiazole rings is 1. The molecule has 1 aliphatic carbocycles. The number of ether oxygens (including phenoxy) is 1. The van der Waals surface area contributed by atoms with Gasteiger partial charge in [-0.1, -0.05) is 101 Å². The fourth-order valence-electron chi connectivity index (χ4n) is 8.47. The van der Waals surface area contributed by atoms with E-state index in [9.17, 15) is 29.1 Å². The molecule has 5 N–H and O–H groups in total. The Kier molecular flexibility index (Phi) is 17.6. The Morgan fingerprint density at radius 2 is 1.65 bits per heavy atom. The summed E-state index contributed by atoms with van der Waals surface area (Å²) in [5.74, 6) is -0.423. The number of hydrogen-bond acceptors (Lipinski definition) is 10. The van der Waals surface area contributed by atoms with Crippen molar-refractivity contribution in [3.8, 4) is 16.2 Å². The van der Waals surface area contributed by atoms with E-state index in [0.29, 0.717) is 36.7 Å². The fourth-order valence-corrected chi connectivity index (χ4v) is 9.28. The van der Waals surface area contributed by atoms with E-state index in [0.717, 1.165) is 38.4 Å². The summed E-state index contributed by atoms with van der Waals surface area (Å²) in [6, 6.07) is 15.3. The van der Waals surface area contributed by atoms with Crippen LogP contribution in [0.2, 0.25) is 0 Å². The van der Waals surface area contributed by atoms with Crippen molar-refractivity contribution in [2.75, 3.05) is 20.2 Å². The Morgan fingerprint density at radius 3 is 2.36 bits per heavy atom. The third-order valence-electron chi connectivity index (χ3n) is 12.2. The first-order valence-corrected chi connectivity index (χ1v) is 24.0. The number of methoxy groups -OCH3 is 1. The molecule has 352 valence electrons. The van der Waals surface area contributed by atoms with Crippen LogP contribution < -0.4 is 26.0 Å². The van der Waals surface area contributed by atoms with Crippen LogP contribution in [0, 0.1) is 18.3 Å². The van der Waals surface area contributed by atoms with E-state index in [1.807, 2.05) is 87.8 Å². The number of allylic oxidation sites excluding steroid dienone is 1. The molecule has 1 saturated carbocycles. The minimum absolute atomic E-state index is 0.00966. The number of likely N-dealkylation sites (tertiary alicyclic amines) is 1. The minimum atomic E-state index is -0.929. The van der Waals surface area contributed by atoms with Crippen molar-refractivity contribution in [3.05, 3.63) is 106 Å². The first kappa shape index (κ1) is 49.5. The van der Waals surface area contributed by atoms with E-state index in [1.165, 1.54) is 37.0 Å². The van der Waals surface area contributed by atoms with Crippen LogP contribution in [0.5, 0.6) is 5.75 Å². The molecule has 5 amide bonds. The summed E-state index contributed by atoms with van der Waals surface area (Å²) in [5, 5.41) is 22.3. The normalized spacial score (nSPS) is 17.0. The number of nitrogens with one attached hydrogen (secondary N) is 4. The lowest BCUT2D eigenvalue weighted by Crippen LogP contribution is -2.57. The standard InChI is InChI=1S/C51H65N7O7S/c1-33-46(66-32-56-33)38-20-18-35(19-21-38)28-55-49(63)42-27-40(59)31-58(42)50(64)47(51(2,3)4)57-44(60)16-9-10-23-52-45(61)25-36-14-11-15-37(24-36)29-54-48(62)41-26-39(43(65-5)30-53-41)22-17-34-12-7-6-8-13-34/h11,14-15,17-22,24,26,30,32,34,40,42,47,59H,6-10,12-13,16,23,25,27-29,31H2,1-5H3,(H,52,61)(H,54,62)(H,55,63)(H,57,60)/b22-17+/t40-,42+,47-/m1/s1. The Morgan fingerprint density at radius 1 is 0.909 bits per heavy atom. The molecule has 15 heteroatoms. The highest BCUT2D eigenvalue weighted by Crippen LogP contribution is 2.30. The predicted octanol–water partition coefficient (Wildman–Crippen LogP) is 6.68. The van der Waals surface area contributed by atoms with Crippen LogP contribution >= 0.6 is 11.3 Å². The number of hydrogen-bond donors (Lipinski definition) is 5. The van der Waals surface area contributed by atoms with Gasteiger partial charge in [0.05, 0.1) is 41.9 Å². The highest BCUT2D eigenvalue weighted by Gasteiger charge is 2.44. The van der Waals surface area contributed by atoms with E-state index >= 15 is 0 Å². The molecule has 0 spiro atoms. The molecule has 6 rings (SSSR count). The minimum Gasteiger partial charge on any atom is -0.495 e. The highest BCUT2D eigenvalue weighted by atomic mass is 32.1. The lowest BCUT2D eigenvalue weighted by atomic mass is 9.85. The van der Waals surface area contributed by atoms with Gasteiger partial charge in [-0.05, 0) is 72.3 Å². The van der Waals surface area contributed by atoms with Crippen molar-refractivity contribution < 1.29 is 33.8 Å². The number of rotatable bonds is 19. The maximum absolute atomic E-state index is 14.0. The third-order valence-corrected chi connectivity index (χ3v) is 13.2. The van der Waals surface area contributed by atoms with Crippen LogP contribution in [-0.2, 0) is 38.7 Å². The maximum Gasteiger partial charge on any atom is 0.270 e. The molecule has 2 aromatic heterocycles. The number of nitrogens with zero attached hydrogens (tertiary/aromatic N) is 3. The molecule has 2 fully saturated rings. The van der Waals surface area contributed by atoms with E-state index in [2.05, 4.69) is 37.3 Å². The topological polar surface area (TPSA) is 192 Å². The summed E-state index contributed by atoms with van der Waals surface area (Å²) in [4.78, 5) is 77.8. The Balaban J connectivity index is 0.914. The second-order valence-corrected chi connectivity index (χ2v) is 19.4. The molecule has 3 heterocycles. The first-order valence-electron chi connectivity index (χ1n) is 23.1. The summed E-state index contributed by atoms with van der Waals surface area (Å²) in [7, 11) is 1.59. The van der Waals surface area contributed by atoms with Crippen LogP contribution in [0.25, 0.3) is 16.5 Å². The van der Waals surface area contributed by atoms with Gasteiger partial charge >= 0.3 is 0 Å². The summed E-state index contributed by atoms with van der Waals surface area (Å²) in [6.07, 6.45) is 12.5. The SMILES string of the molecule is COc1cnc(C(=O)NCc2cccc(CC(=O)NCCCCC(=O)N[C@H](C(=O)N3C[C@H](O)C[C@H]3C(=O)NCc3ccc(-c4scnc4C)cc3)C(C)(C)C)c2)cc1/C=C/C1CCCCC1. The molecule has 0 bridgehead atoms. The molecular formula is C51H65N7O7S. The van der Waals surface area contributed by atoms with Gasteiger partial charge in [-0.15, -0.1) is 11.3 Å². The van der Waals surface area contributed by atoms with Gasteiger partial charge in [0.2, 0.25) is 23.6 Å². The number of aryl methyl sites for hydroxylation is 1. The van der Waals surface area contributed by atoms with Gasteiger partial charge in [0, 0.05) is 44.6 Å². The van der Waals surface area contributed by atoms with E-state index < -0.39 is 29.5 Å². The third kappa shape index (κ3) is 14.0. The monoisotopic (exact) mass is 919 g/mol. The zero-order chi connectivity index (χ0) is 47.2. The molecule has 0 radical (unpaired) electrons. The zero-order valence-corrected chi connectivity index (χ0v) is 39.7. The Bertz CT molecular complexity index is 2330. The van der Waals surface area contributed by atoms with Crippen molar-refractivity contribution in [2.45, 2.75) is 123 Å². The number of β-amino-alcohol motifs (C(OH)–C–C–N with tert-alkyl or cyclic N) is 1. The molecular weight excluding hydrogens is 855 g/mol. The second-order valence-electron chi connectivity index (χ2n) is 18.5. The summed E-state index contributed by atoms with van der Waals surface area (Å²) >= 11 is 1.57. The smallest absolute Gasteiger partial charge is 0.270 e. The van der Waals surface area contributed by atoms with Gasteiger partial charge < -0.3 is 36.0 Å². The van der Waals surface area contributed by atoms with E-state index in [-0.39, 0.29) is 62.5 Å². The second kappa shape index (κ2) is 23.5. The quantitative estimate of drug-likeness (QED) is 0.0639. The van der Waals surface area contributed by atoms with Crippen molar-refractivity contribution in [1.29, 1.82) is 0 Å². The van der Waals surface area contributed by atoms with Crippen molar-refractivity contribution in [3.63, 3.8) is 0 Å². The molecule has 2 aliphatic rings. The summed E-state index contributed by atoms with van der Waals surface area (Å²) < 4.78 is 5.50. The lowest BCUT2D eigenvalue weighted by molar-refractivity contribution is -0.144. The maximum atomic E-state index is 14.0. The lowest BCUT2D eigenvalue weighted by Gasteiger charge is -2.35. The van der Waals surface area contributed by atoms with Crippen molar-refractivity contribution >= 4 is 46.9 Å². The van der Waals surface area contributed by atoms with Crippen LogP contribution in [0.4, 0.5) is 0 Å². The van der Waals surface area contributed by atoms with Crippen LogP contribution in [-0.4, -0.2) is 87.9 Å². The average molecular weight is 920 g/mol. The van der Waals surface area contributed by atoms with Crippen LogP contribution in [0.15, 0.2) is 72.4 Å². The van der Waals surface area contributed by atoms with E-state index in [1.54, 1.807) is 30.7 Å². The molecule has 4 aromatic rings. The molecule has 66 heavy (non-hydrogen) atoms. The highest BCUT2D eigenvalue weighted by molar-refractivity contribution is 7.13. The van der Waals surface area contributed by atoms with Gasteiger partial charge in [-0.25, -0.2) is 9.97 Å². The predicted molar refractivity (Wildman–Crippen MR) is 256 cm³/mol. The van der Waals surface area contributed by atoms with Crippen molar-refractivity contribution in [2.24, 2.45) is 11.3 Å². The van der Waals surface area contributed by atoms with Crippen LogP contribution in [0.3, 0.4) is 0 Å². The zero-order valence-electron chi connectivity index (χ0n) is 38.9. The van der Waals surface area contributed by atoms with Gasteiger partial charge in [-0.2, -0.15) is 0 Å². The number of amides is 5. The number of aromatic nitrogens is 2. The average Bonchev–Trinajstić information content (AvgIpc) is 3.93. The number of benzene rings is 2. The summed E-state index contributed by atoms with van der Waals surface area (Å²) in [6.45, 7) is 8.39. The van der Waals surface area contributed by atoms with E-state index in [4.69, 9.17) is 4.74 Å². The van der Waals surface area contributed by atoms with Gasteiger partial charge in [0.1, 0.15) is 23.5 Å². The Labute approximate surface area is 392 Å². The molecule has 0 unspecified atom stereocenters. The number of aliphatic hydroxyl groups is 1.